The van der Waals surface area contributed by atoms with Crippen LogP contribution in [0.1, 0.15) is 30.4 Å². The summed E-state index contributed by atoms with van der Waals surface area (Å²) in [5, 5.41) is 3.00. The smallest absolute Gasteiger partial charge is 0.220 e. The van der Waals surface area contributed by atoms with Crippen LogP contribution < -0.4 is 10.2 Å². The van der Waals surface area contributed by atoms with Crippen molar-refractivity contribution < 1.29 is 9.21 Å². The average Bonchev–Trinajstić information content (AvgIpc) is 3.20. The molecule has 0 atom stereocenters. The zero-order valence-corrected chi connectivity index (χ0v) is 17.4. The summed E-state index contributed by atoms with van der Waals surface area (Å²) in [4.78, 5) is 18.8. The number of para-hydroxylation sites is 1. The summed E-state index contributed by atoms with van der Waals surface area (Å²) in [6, 6.07) is 16.4. The second kappa shape index (κ2) is 9.92. The van der Waals surface area contributed by atoms with Crippen LogP contribution in [0.5, 0.6) is 0 Å². The predicted molar refractivity (Wildman–Crippen MR) is 117 cm³/mol. The van der Waals surface area contributed by atoms with Crippen molar-refractivity contribution in [3.63, 3.8) is 0 Å². The molecule has 0 saturated heterocycles. The maximum atomic E-state index is 12.2. The molecular weight excluding hydrogens is 362 g/mol. The van der Waals surface area contributed by atoms with Gasteiger partial charge in [0.25, 0.3) is 0 Å². The SMILES string of the molecule is CCN(CCNC(=O)CCc1ncc(-c2ccc(C)cc2)o1)c1ccccc1C. The highest BCUT2D eigenvalue weighted by Gasteiger charge is 2.10. The third-order valence-corrected chi connectivity index (χ3v) is 5.00. The maximum absolute atomic E-state index is 12.2. The van der Waals surface area contributed by atoms with Crippen molar-refractivity contribution in [2.75, 3.05) is 24.5 Å². The first-order valence-corrected chi connectivity index (χ1v) is 10.2. The molecule has 0 fully saturated rings. The number of nitrogens with one attached hydrogen (secondary N) is 1. The van der Waals surface area contributed by atoms with Gasteiger partial charge in [-0.1, -0.05) is 48.0 Å². The van der Waals surface area contributed by atoms with Gasteiger partial charge < -0.3 is 14.6 Å². The second-order valence-electron chi connectivity index (χ2n) is 7.20. The number of carbonyl (C=O) groups is 1. The van der Waals surface area contributed by atoms with E-state index in [1.807, 2.05) is 36.4 Å². The van der Waals surface area contributed by atoms with Gasteiger partial charge in [0.15, 0.2) is 11.7 Å². The van der Waals surface area contributed by atoms with E-state index in [9.17, 15) is 4.79 Å². The van der Waals surface area contributed by atoms with Gasteiger partial charge in [0, 0.05) is 43.7 Å². The molecule has 0 spiro atoms. The number of benzene rings is 2. The van der Waals surface area contributed by atoms with Gasteiger partial charge in [0.2, 0.25) is 5.91 Å². The van der Waals surface area contributed by atoms with E-state index in [0.29, 0.717) is 25.3 Å². The normalized spacial score (nSPS) is 10.7. The van der Waals surface area contributed by atoms with Crippen molar-refractivity contribution >= 4 is 11.6 Å². The Hall–Kier alpha value is -3.08. The van der Waals surface area contributed by atoms with Crippen molar-refractivity contribution in [3.05, 3.63) is 71.7 Å². The van der Waals surface area contributed by atoms with Crippen molar-refractivity contribution in [1.82, 2.24) is 10.3 Å². The zero-order chi connectivity index (χ0) is 20.6. The number of anilines is 1. The molecule has 0 radical (unpaired) electrons. The fourth-order valence-corrected chi connectivity index (χ4v) is 3.28. The molecule has 152 valence electrons. The van der Waals surface area contributed by atoms with E-state index in [2.05, 4.69) is 48.1 Å². The molecule has 0 aliphatic rings. The molecule has 0 bridgehead atoms. The number of rotatable bonds is 9. The summed E-state index contributed by atoms with van der Waals surface area (Å²) in [6.45, 7) is 8.58. The van der Waals surface area contributed by atoms with Crippen LogP contribution in [0.15, 0.2) is 59.1 Å². The van der Waals surface area contributed by atoms with Crippen LogP contribution in [0.25, 0.3) is 11.3 Å². The number of hydrogen-bond acceptors (Lipinski definition) is 4. The van der Waals surface area contributed by atoms with Crippen LogP contribution in [0.3, 0.4) is 0 Å². The molecule has 5 heteroatoms. The number of likely N-dealkylation sites (N-methyl/N-ethyl adjacent to an activating group) is 1. The summed E-state index contributed by atoms with van der Waals surface area (Å²) >= 11 is 0. The number of amides is 1. The summed E-state index contributed by atoms with van der Waals surface area (Å²) in [6.07, 6.45) is 2.58. The molecule has 1 aromatic heterocycles. The lowest BCUT2D eigenvalue weighted by atomic mass is 10.1. The van der Waals surface area contributed by atoms with E-state index in [0.717, 1.165) is 24.4 Å². The molecule has 0 unspecified atom stereocenters. The van der Waals surface area contributed by atoms with Crippen LogP contribution in [0, 0.1) is 13.8 Å². The minimum absolute atomic E-state index is 0.0147. The summed E-state index contributed by atoms with van der Waals surface area (Å²) in [5.74, 6) is 1.34. The van der Waals surface area contributed by atoms with Crippen molar-refractivity contribution in [2.45, 2.75) is 33.6 Å². The predicted octanol–water partition coefficient (Wildman–Crippen LogP) is 4.53. The summed E-state index contributed by atoms with van der Waals surface area (Å²) in [5.41, 5.74) is 4.66. The van der Waals surface area contributed by atoms with Crippen LogP contribution in [0.2, 0.25) is 0 Å². The topological polar surface area (TPSA) is 58.4 Å². The number of nitrogens with zero attached hydrogens (tertiary/aromatic N) is 2. The Morgan fingerprint density at radius 2 is 1.86 bits per heavy atom. The Labute approximate surface area is 172 Å². The van der Waals surface area contributed by atoms with E-state index in [1.165, 1.54) is 16.8 Å². The van der Waals surface area contributed by atoms with E-state index >= 15 is 0 Å². The van der Waals surface area contributed by atoms with Crippen molar-refractivity contribution in [1.29, 1.82) is 0 Å². The van der Waals surface area contributed by atoms with Crippen LogP contribution in [0.4, 0.5) is 5.69 Å². The van der Waals surface area contributed by atoms with Gasteiger partial charge in [0.05, 0.1) is 6.20 Å². The highest BCUT2D eigenvalue weighted by Crippen LogP contribution is 2.21. The van der Waals surface area contributed by atoms with E-state index in [4.69, 9.17) is 4.42 Å². The highest BCUT2D eigenvalue weighted by molar-refractivity contribution is 5.76. The fraction of sp³-hybridized carbons (Fsp3) is 0.333. The largest absolute Gasteiger partial charge is 0.441 e. The lowest BCUT2D eigenvalue weighted by Gasteiger charge is -2.25. The zero-order valence-electron chi connectivity index (χ0n) is 17.4. The van der Waals surface area contributed by atoms with Gasteiger partial charge in [0.1, 0.15) is 0 Å². The maximum Gasteiger partial charge on any atom is 0.220 e. The van der Waals surface area contributed by atoms with Crippen molar-refractivity contribution in [2.24, 2.45) is 0 Å². The Kier molecular flexibility index (Phi) is 7.06. The molecular formula is C24H29N3O2. The molecule has 0 aliphatic heterocycles. The number of carbonyl (C=O) groups excluding carboxylic acids is 1. The van der Waals surface area contributed by atoms with Gasteiger partial charge in [-0.2, -0.15) is 0 Å². The lowest BCUT2D eigenvalue weighted by Crippen LogP contribution is -2.35. The summed E-state index contributed by atoms with van der Waals surface area (Å²) < 4.78 is 5.79. The Morgan fingerprint density at radius 3 is 2.59 bits per heavy atom. The highest BCUT2D eigenvalue weighted by atomic mass is 16.4. The molecule has 29 heavy (non-hydrogen) atoms. The minimum atomic E-state index is 0.0147. The van der Waals surface area contributed by atoms with Gasteiger partial charge in [-0.15, -0.1) is 0 Å². The molecule has 3 aromatic rings. The molecule has 1 N–H and O–H groups in total. The Balaban J connectivity index is 1.44. The van der Waals surface area contributed by atoms with Crippen molar-refractivity contribution in [3.8, 4) is 11.3 Å². The first kappa shape index (κ1) is 20.6. The number of aryl methyl sites for hydroxylation is 3. The molecule has 0 aliphatic carbocycles. The second-order valence-corrected chi connectivity index (χ2v) is 7.20. The van der Waals surface area contributed by atoms with Crippen LogP contribution in [-0.4, -0.2) is 30.5 Å². The average molecular weight is 392 g/mol. The first-order chi connectivity index (χ1) is 14.1. The van der Waals surface area contributed by atoms with E-state index in [1.54, 1.807) is 6.20 Å². The first-order valence-electron chi connectivity index (χ1n) is 10.2. The summed E-state index contributed by atoms with van der Waals surface area (Å²) in [7, 11) is 0. The number of oxazole rings is 1. The quantitative estimate of drug-likeness (QED) is 0.582. The van der Waals surface area contributed by atoms with Gasteiger partial charge in [-0.25, -0.2) is 4.98 Å². The standard InChI is InChI=1S/C24H29N3O2/c1-4-27(21-8-6-5-7-19(21)3)16-15-25-23(28)13-14-24-26-17-22(29-24)20-11-9-18(2)10-12-20/h5-12,17H,4,13-16H2,1-3H3,(H,25,28). The third kappa shape index (κ3) is 5.70. The Bertz CT molecular complexity index is 931. The number of aromatic nitrogens is 1. The molecule has 2 aromatic carbocycles. The molecule has 3 rings (SSSR count). The molecule has 1 amide bonds. The monoisotopic (exact) mass is 391 g/mol. The molecule has 1 heterocycles. The van der Waals surface area contributed by atoms with Crippen LogP contribution in [-0.2, 0) is 11.2 Å². The van der Waals surface area contributed by atoms with Crippen LogP contribution >= 0.6 is 0 Å². The van der Waals surface area contributed by atoms with E-state index < -0.39 is 0 Å². The fourth-order valence-electron chi connectivity index (χ4n) is 3.28. The van der Waals surface area contributed by atoms with Gasteiger partial charge in [-0.3, -0.25) is 4.79 Å². The molecule has 5 nitrogen and oxygen atoms in total. The van der Waals surface area contributed by atoms with Gasteiger partial charge in [-0.05, 0) is 32.4 Å². The van der Waals surface area contributed by atoms with E-state index in [-0.39, 0.29) is 5.91 Å². The third-order valence-electron chi connectivity index (χ3n) is 5.00. The molecule has 0 saturated carbocycles. The Morgan fingerprint density at radius 1 is 1.10 bits per heavy atom. The number of hydrogen-bond donors (Lipinski definition) is 1. The minimum Gasteiger partial charge on any atom is -0.441 e. The van der Waals surface area contributed by atoms with Gasteiger partial charge >= 0.3 is 0 Å². The lowest BCUT2D eigenvalue weighted by molar-refractivity contribution is -0.121.